The van der Waals surface area contributed by atoms with E-state index in [2.05, 4.69) is 14.8 Å². The molecule has 0 saturated heterocycles. The summed E-state index contributed by atoms with van der Waals surface area (Å²) >= 11 is 0. The average Bonchev–Trinajstić information content (AvgIpc) is 2.84. The van der Waals surface area contributed by atoms with Gasteiger partial charge in [-0.15, -0.1) is 0 Å². The molecule has 8 nitrogen and oxygen atoms in total. The summed E-state index contributed by atoms with van der Waals surface area (Å²) in [5.74, 6) is 0.349. The van der Waals surface area contributed by atoms with Gasteiger partial charge in [-0.25, -0.2) is 26.3 Å². The van der Waals surface area contributed by atoms with Crippen molar-refractivity contribution in [2.75, 3.05) is 26.4 Å². The van der Waals surface area contributed by atoms with Crippen LogP contribution in [0, 0.1) is 0 Å². The van der Waals surface area contributed by atoms with Gasteiger partial charge in [0.1, 0.15) is 5.76 Å². The molecule has 1 aromatic rings. The van der Waals surface area contributed by atoms with Gasteiger partial charge in [-0.1, -0.05) is 0 Å². The van der Waals surface area contributed by atoms with Crippen LogP contribution in [0.3, 0.4) is 0 Å². The first-order valence-corrected chi connectivity index (χ1v) is 8.58. The second-order valence-corrected chi connectivity index (χ2v) is 7.49. The lowest BCUT2D eigenvalue weighted by Crippen LogP contribution is -2.29. The largest absolute Gasteiger partial charge is 0.447 e. The average molecular weight is 311 g/mol. The first-order valence-electron chi connectivity index (χ1n) is 5.45. The normalized spacial score (nSPS) is 12.7. The number of rotatable bonds is 8. The quantitative estimate of drug-likeness (QED) is 0.521. The van der Waals surface area contributed by atoms with E-state index in [0.29, 0.717) is 5.76 Å². The van der Waals surface area contributed by atoms with Crippen molar-refractivity contribution in [3.8, 4) is 0 Å². The van der Waals surface area contributed by atoms with Crippen molar-refractivity contribution in [1.82, 2.24) is 14.8 Å². The molecule has 0 aliphatic heterocycles. The van der Waals surface area contributed by atoms with E-state index in [1.165, 1.54) is 26.2 Å². The third-order valence-corrected chi connectivity index (χ3v) is 4.98. The van der Waals surface area contributed by atoms with Gasteiger partial charge in [-0.3, -0.25) is 0 Å². The van der Waals surface area contributed by atoms with Crippen LogP contribution < -0.4 is 14.8 Å². The molecule has 1 aromatic heterocycles. The number of nitrogens with one attached hydrogen (secondary N) is 3. The summed E-state index contributed by atoms with van der Waals surface area (Å²) in [5.41, 5.74) is 0. The Hall–Kier alpha value is -0.940. The molecule has 3 N–H and O–H groups in total. The Morgan fingerprint density at radius 3 is 2.37 bits per heavy atom. The molecule has 0 aliphatic rings. The van der Waals surface area contributed by atoms with E-state index in [4.69, 9.17) is 4.42 Å². The lowest BCUT2D eigenvalue weighted by Gasteiger charge is -2.03. The maximum Gasteiger partial charge on any atom is 0.273 e. The minimum atomic E-state index is -3.59. The molecule has 1 heterocycles. The van der Waals surface area contributed by atoms with E-state index in [9.17, 15) is 16.8 Å². The van der Waals surface area contributed by atoms with Crippen LogP contribution in [-0.2, 0) is 26.6 Å². The predicted molar refractivity (Wildman–Crippen MR) is 69.5 cm³/mol. The predicted octanol–water partition coefficient (Wildman–Crippen LogP) is -1.17. The number of hydrogen-bond donors (Lipinski definition) is 3. The summed E-state index contributed by atoms with van der Waals surface area (Å²) in [6.07, 6.45) is 0. The van der Waals surface area contributed by atoms with Crippen molar-refractivity contribution in [2.45, 2.75) is 11.6 Å². The van der Waals surface area contributed by atoms with E-state index in [1.807, 2.05) is 0 Å². The highest BCUT2D eigenvalue weighted by Gasteiger charge is 2.16. The number of sulfonamides is 2. The van der Waals surface area contributed by atoms with Gasteiger partial charge in [0.2, 0.25) is 15.1 Å². The third-order valence-electron chi connectivity index (χ3n) is 2.33. The second kappa shape index (κ2) is 6.48. The van der Waals surface area contributed by atoms with Gasteiger partial charge in [-0.05, 0) is 26.2 Å². The summed E-state index contributed by atoms with van der Waals surface area (Å²) in [5, 5.41) is 2.68. The Kier molecular flexibility index (Phi) is 5.50. The summed E-state index contributed by atoms with van der Waals surface area (Å²) in [4.78, 5) is 0. The van der Waals surface area contributed by atoms with Crippen molar-refractivity contribution in [2.24, 2.45) is 0 Å². The van der Waals surface area contributed by atoms with Gasteiger partial charge >= 0.3 is 0 Å². The molecule has 110 valence electrons. The van der Waals surface area contributed by atoms with Gasteiger partial charge in [0.05, 0.1) is 12.3 Å². The van der Waals surface area contributed by atoms with Gasteiger partial charge in [0.15, 0.2) is 0 Å². The summed E-state index contributed by atoms with van der Waals surface area (Å²) in [6, 6.07) is 2.86. The fourth-order valence-electron chi connectivity index (χ4n) is 1.22. The van der Waals surface area contributed by atoms with Crippen molar-refractivity contribution in [1.29, 1.82) is 0 Å². The maximum atomic E-state index is 11.4. The molecule has 0 atom stereocenters. The number of furan rings is 1. The SMILES string of the molecule is CNS(=O)(=O)CCNCc1ccc(S(=O)(=O)NC)o1. The Bertz CT molecular complexity index is 606. The maximum absolute atomic E-state index is 11.4. The monoisotopic (exact) mass is 311 g/mol. The second-order valence-electron chi connectivity index (χ2n) is 3.63. The van der Waals surface area contributed by atoms with Crippen LogP contribution >= 0.6 is 0 Å². The topological polar surface area (TPSA) is 118 Å². The third kappa shape index (κ3) is 4.91. The summed E-state index contributed by atoms with van der Waals surface area (Å²) in [7, 11) is -4.20. The molecule has 0 unspecified atom stereocenters. The van der Waals surface area contributed by atoms with Crippen molar-refractivity contribution >= 4 is 20.0 Å². The van der Waals surface area contributed by atoms with E-state index < -0.39 is 20.0 Å². The summed E-state index contributed by atoms with van der Waals surface area (Å²) in [6.45, 7) is 0.483. The first-order chi connectivity index (χ1) is 8.80. The minimum absolute atomic E-state index is 0.0636. The van der Waals surface area contributed by atoms with Crippen molar-refractivity contribution in [3.05, 3.63) is 17.9 Å². The van der Waals surface area contributed by atoms with Crippen LogP contribution in [0.4, 0.5) is 0 Å². The van der Waals surface area contributed by atoms with Crippen LogP contribution in [0.25, 0.3) is 0 Å². The van der Waals surface area contributed by atoms with Gasteiger partial charge in [0.25, 0.3) is 10.0 Å². The lowest BCUT2D eigenvalue weighted by atomic mass is 10.4. The molecule has 0 amide bonds. The zero-order chi connectivity index (χ0) is 14.5. The molecule has 10 heteroatoms. The zero-order valence-corrected chi connectivity index (χ0v) is 12.3. The Morgan fingerprint density at radius 1 is 1.11 bits per heavy atom. The zero-order valence-electron chi connectivity index (χ0n) is 10.6. The highest BCUT2D eigenvalue weighted by atomic mass is 32.2. The van der Waals surface area contributed by atoms with E-state index >= 15 is 0 Å². The van der Waals surface area contributed by atoms with Crippen LogP contribution in [0.5, 0.6) is 0 Å². The van der Waals surface area contributed by atoms with Gasteiger partial charge < -0.3 is 9.73 Å². The Balaban J connectivity index is 2.48. The van der Waals surface area contributed by atoms with Crippen LogP contribution in [0.1, 0.15) is 5.76 Å². The van der Waals surface area contributed by atoms with E-state index in [1.54, 1.807) is 0 Å². The molecule has 0 aromatic carbocycles. The van der Waals surface area contributed by atoms with E-state index in [-0.39, 0.29) is 23.9 Å². The van der Waals surface area contributed by atoms with Crippen molar-refractivity contribution < 1.29 is 21.3 Å². The van der Waals surface area contributed by atoms with Crippen molar-refractivity contribution in [3.63, 3.8) is 0 Å². The molecule has 19 heavy (non-hydrogen) atoms. The first kappa shape index (κ1) is 16.1. The molecule has 0 saturated carbocycles. The molecule has 0 fully saturated rings. The van der Waals surface area contributed by atoms with Crippen LogP contribution in [0.2, 0.25) is 0 Å². The van der Waals surface area contributed by atoms with Gasteiger partial charge in [-0.2, -0.15) is 0 Å². The molecule has 0 radical (unpaired) electrons. The van der Waals surface area contributed by atoms with Gasteiger partial charge in [0, 0.05) is 6.54 Å². The fraction of sp³-hybridized carbons (Fsp3) is 0.556. The highest BCUT2D eigenvalue weighted by molar-refractivity contribution is 7.89. The Morgan fingerprint density at radius 2 is 1.79 bits per heavy atom. The van der Waals surface area contributed by atoms with E-state index in [0.717, 1.165) is 0 Å². The molecule has 0 aliphatic carbocycles. The minimum Gasteiger partial charge on any atom is -0.447 e. The molecular formula is C9H17N3O5S2. The number of hydrogen-bond acceptors (Lipinski definition) is 6. The molecule has 1 rings (SSSR count). The molecule has 0 spiro atoms. The Labute approximate surface area is 112 Å². The summed E-state index contributed by atoms with van der Waals surface area (Å²) < 4.78 is 54.5. The lowest BCUT2D eigenvalue weighted by molar-refractivity contribution is 0.402. The smallest absolute Gasteiger partial charge is 0.273 e. The molecule has 0 bridgehead atoms. The molecular weight excluding hydrogens is 294 g/mol. The fourth-order valence-corrected chi connectivity index (χ4v) is 2.50. The van der Waals surface area contributed by atoms with Crippen LogP contribution in [-0.4, -0.2) is 43.2 Å². The van der Waals surface area contributed by atoms with Crippen LogP contribution in [0.15, 0.2) is 21.6 Å². The standard InChI is InChI=1S/C9H17N3O5S2/c1-10-18(13,14)6-5-12-7-8-3-4-9(17-8)19(15,16)11-2/h3-4,10-12H,5-7H2,1-2H3. The highest BCUT2D eigenvalue weighted by Crippen LogP contribution is 2.12.